The fraction of sp³-hybridized carbons (Fsp3) is 0.455. The molecule has 0 aliphatic rings. The summed E-state index contributed by atoms with van der Waals surface area (Å²) in [4.78, 5) is 10.2. The second-order valence-electron chi connectivity index (χ2n) is 3.89. The molecule has 0 aliphatic heterocycles. The average molecular weight is 303 g/mol. The summed E-state index contributed by atoms with van der Waals surface area (Å²) >= 11 is 0. The minimum atomic E-state index is -3.29. The maximum absolute atomic E-state index is 11.4. The Bertz CT molecular complexity index is 573. The van der Waals surface area contributed by atoms with Crippen LogP contribution < -0.4 is 14.8 Å². The van der Waals surface area contributed by atoms with E-state index in [0.717, 1.165) is 0 Å². The molecule has 1 aromatic rings. The molecule has 9 heteroatoms. The molecule has 0 fully saturated rings. The van der Waals surface area contributed by atoms with E-state index in [0.29, 0.717) is 12.2 Å². The zero-order valence-electron chi connectivity index (χ0n) is 11.3. The predicted molar refractivity (Wildman–Crippen MR) is 75.6 cm³/mol. The lowest BCUT2D eigenvalue weighted by Crippen LogP contribution is -2.29. The topological polar surface area (TPSA) is 111 Å². The SMILES string of the molecule is CCNS(=O)(=O)CCNc1ccc([N+](=O)[O-])c(OC)c1. The van der Waals surface area contributed by atoms with Crippen LogP contribution in [-0.4, -0.2) is 39.3 Å². The van der Waals surface area contributed by atoms with Crippen LogP contribution in [0.25, 0.3) is 0 Å². The highest BCUT2D eigenvalue weighted by molar-refractivity contribution is 7.89. The standard InChI is InChI=1S/C11H17N3O5S/c1-3-13-20(17,18)7-6-12-9-4-5-10(14(15)16)11(8-9)19-2/h4-5,8,12-13H,3,6-7H2,1-2H3. The largest absolute Gasteiger partial charge is 0.490 e. The third-order valence-corrected chi connectivity index (χ3v) is 3.91. The van der Waals surface area contributed by atoms with Crippen molar-refractivity contribution in [2.75, 3.05) is 31.3 Å². The lowest BCUT2D eigenvalue weighted by atomic mass is 10.2. The summed E-state index contributed by atoms with van der Waals surface area (Å²) in [5.74, 6) is 0.0368. The second kappa shape index (κ2) is 7.06. The van der Waals surface area contributed by atoms with Crippen molar-refractivity contribution in [3.63, 3.8) is 0 Å². The van der Waals surface area contributed by atoms with Crippen molar-refractivity contribution in [2.24, 2.45) is 0 Å². The van der Waals surface area contributed by atoms with Crippen LogP contribution >= 0.6 is 0 Å². The number of rotatable bonds is 8. The smallest absolute Gasteiger partial charge is 0.311 e. The van der Waals surface area contributed by atoms with E-state index >= 15 is 0 Å². The van der Waals surface area contributed by atoms with E-state index in [1.807, 2.05) is 0 Å². The average Bonchev–Trinajstić information content (AvgIpc) is 2.37. The van der Waals surface area contributed by atoms with Gasteiger partial charge in [0.2, 0.25) is 10.0 Å². The second-order valence-corrected chi connectivity index (χ2v) is 5.81. The summed E-state index contributed by atoms with van der Waals surface area (Å²) in [6.45, 7) is 2.23. The van der Waals surface area contributed by atoms with Gasteiger partial charge in [0.05, 0.1) is 17.8 Å². The number of anilines is 1. The Morgan fingerprint density at radius 2 is 2.10 bits per heavy atom. The Morgan fingerprint density at radius 3 is 2.65 bits per heavy atom. The van der Waals surface area contributed by atoms with Crippen LogP contribution in [0.3, 0.4) is 0 Å². The first-order chi connectivity index (χ1) is 9.39. The lowest BCUT2D eigenvalue weighted by molar-refractivity contribution is -0.385. The maximum Gasteiger partial charge on any atom is 0.311 e. The number of nitrogens with zero attached hydrogens (tertiary/aromatic N) is 1. The Labute approximate surface area is 117 Å². The number of ether oxygens (including phenoxy) is 1. The van der Waals surface area contributed by atoms with Crippen LogP contribution in [0.2, 0.25) is 0 Å². The Hall–Kier alpha value is -1.87. The number of nitrogens with one attached hydrogen (secondary N) is 2. The summed E-state index contributed by atoms with van der Waals surface area (Å²) < 4.78 is 30.1. The van der Waals surface area contributed by atoms with Crippen molar-refractivity contribution < 1.29 is 18.1 Å². The number of nitro benzene ring substituents is 1. The molecule has 112 valence electrons. The van der Waals surface area contributed by atoms with Gasteiger partial charge in [-0.3, -0.25) is 10.1 Å². The molecule has 20 heavy (non-hydrogen) atoms. The van der Waals surface area contributed by atoms with Gasteiger partial charge in [0.15, 0.2) is 5.75 Å². The highest BCUT2D eigenvalue weighted by Crippen LogP contribution is 2.29. The molecule has 0 aliphatic carbocycles. The number of hydrogen-bond donors (Lipinski definition) is 2. The minimum absolute atomic E-state index is 0.0832. The number of nitro groups is 1. The van der Waals surface area contributed by atoms with Gasteiger partial charge in [-0.15, -0.1) is 0 Å². The van der Waals surface area contributed by atoms with Gasteiger partial charge in [-0.05, 0) is 6.07 Å². The Morgan fingerprint density at radius 1 is 1.40 bits per heavy atom. The Balaban J connectivity index is 2.68. The van der Waals surface area contributed by atoms with Crippen LogP contribution in [0.4, 0.5) is 11.4 Å². The van der Waals surface area contributed by atoms with Gasteiger partial charge in [0.1, 0.15) is 0 Å². The van der Waals surface area contributed by atoms with E-state index in [2.05, 4.69) is 10.0 Å². The molecule has 0 spiro atoms. The van der Waals surface area contributed by atoms with E-state index in [4.69, 9.17) is 4.74 Å². The van der Waals surface area contributed by atoms with Crippen LogP contribution in [0, 0.1) is 10.1 Å². The molecule has 0 atom stereocenters. The van der Waals surface area contributed by atoms with E-state index in [1.54, 1.807) is 6.92 Å². The fourth-order valence-electron chi connectivity index (χ4n) is 1.56. The number of hydrogen-bond acceptors (Lipinski definition) is 6. The van der Waals surface area contributed by atoms with E-state index in [-0.39, 0.29) is 23.7 Å². The predicted octanol–water partition coefficient (Wildman–Crippen LogP) is 0.955. The Kier molecular flexibility index (Phi) is 5.71. The van der Waals surface area contributed by atoms with Crippen molar-refractivity contribution in [1.82, 2.24) is 4.72 Å². The van der Waals surface area contributed by atoms with Crippen molar-refractivity contribution in [2.45, 2.75) is 6.92 Å². The molecule has 0 saturated carbocycles. The van der Waals surface area contributed by atoms with Gasteiger partial charge in [0.25, 0.3) is 0 Å². The molecule has 0 amide bonds. The number of benzene rings is 1. The first-order valence-corrected chi connectivity index (χ1v) is 7.58. The summed E-state index contributed by atoms with van der Waals surface area (Å²) in [6, 6.07) is 4.26. The lowest BCUT2D eigenvalue weighted by Gasteiger charge is -2.09. The van der Waals surface area contributed by atoms with Crippen LogP contribution in [0.1, 0.15) is 6.92 Å². The van der Waals surface area contributed by atoms with Gasteiger partial charge in [-0.1, -0.05) is 6.92 Å². The molecule has 0 heterocycles. The summed E-state index contributed by atoms with van der Waals surface area (Å²) in [5, 5.41) is 13.6. The molecular weight excluding hydrogens is 286 g/mol. The molecule has 8 nitrogen and oxygen atoms in total. The quantitative estimate of drug-likeness (QED) is 0.546. The molecule has 2 N–H and O–H groups in total. The summed E-state index contributed by atoms with van der Waals surface area (Å²) in [6.07, 6.45) is 0. The van der Waals surface area contributed by atoms with Gasteiger partial charge < -0.3 is 10.1 Å². The fourth-order valence-corrected chi connectivity index (χ4v) is 2.52. The van der Waals surface area contributed by atoms with Gasteiger partial charge >= 0.3 is 5.69 Å². The van der Waals surface area contributed by atoms with Crippen molar-refractivity contribution in [3.05, 3.63) is 28.3 Å². The molecule has 0 aromatic heterocycles. The summed E-state index contributed by atoms with van der Waals surface area (Å²) in [5.41, 5.74) is 0.414. The molecule has 1 rings (SSSR count). The molecule has 0 saturated heterocycles. The number of methoxy groups -OCH3 is 1. The van der Waals surface area contributed by atoms with Crippen LogP contribution in [0.5, 0.6) is 5.75 Å². The van der Waals surface area contributed by atoms with Crippen molar-refractivity contribution >= 4 is 21.4 Å². The zero-order chi connectivity index (χ0) is 15.2. The third kappa shape index (κ3) is 4.67. The highest BCUT2D eigenvalue weighted by Gasteiger charge is 2.15. The highest BCUT2D eigenvalue weighted by atomic mass is 32.2. The first kappa shape index (κ1) is 16.2. The monoisotopic (exact) mass is 303 g/mol. The van der Waals surface area contributed by atoms with Crippen molar-refractivity contribution in [3.8, 4) is 5.75 Å². The van der Waals surface area contributed by atoms with E-state index in [1.165, 1.54) is 25.3 Å². The van der Waals surface area contributed by atoms with Crippen LogP contribution in [-0.2, 0) is 10.0 Å². The van der Waals surface area contributed by atoms with Gasteiger partial charge in [-0.2, -0.15) is 0 Å². The molecular formula is C11H17N3O5S. The summed E-state index contributed by atoms with van der Waals surface area (Å²) in [7, 11) is -1.96. The van der Waals surface area contributed by atoms with Crippen molar-refractivity contribution in [1.29, 1.82) is 0 Å². The van der Waals surface area contributed by atoms with E-state index in [9.17, 15) is 18.5 Å². The molecule has 1 aromatic carbocycles. The van der Waals surface area contributed by atoms with Gasteiger partial charge in [0, 0.05) is 30.9 Å². The third-order valence-electron chi connectivity index (χ3n) is 2.44. The van der Waals surface area contributed by atoms with E-state index < -0.39 is 14.9 Å². The maximum atomic E-state index is 11.4. The first-order valence-electron chi connectivity index (χ1n) is 5.93. The van der Waals surface area contributed by atoms with Crippen LogP contribution in [0.15, 0.2) is 18.2 Å². The molecule has 0 bridgehead atoms. The minimum Gasteiger partial charge on any atom is -0.490 e. The normalized spacial score (nSPS) is 11.1. The molecule has 0 radical (unpaired) electrons. The molecule has 0 unspecified atom stereocenters. The zero-order valence-corrected chi connectivity index (χ0v) is 12.1. The number of sulfonamides is 1. The van der Waals surface area contributed by atoms with Gasteiger partial charge in [-0.25, -0.2) is 13.1 Å².